The lowest BCUT2D eigenvalue weighted by molar-refractivity contribution is 0.0495. The van der Waals surface area contributed by atoms with Crippen molar-refractivity contribution in [2.24, 2.45) is 0 Å². The molecule has 2 amide bonds. The van der Waals surface area contributed by atoms with Crippen LogP contribution in [0.3, 0.4) is 0 Å². The van der Waals surface area contributed by atoms with Crippen molar-refractivity contribution in [2.75, 3.05) is 6.61 Å². The SMILES string of the molecule is CC(C)(C)OC(=O)N[C@H]1COC(=O)N1. The molecule has 1 rings (SSSR count). The molecule has 6 nitrogen and oxygen atoms in total. The van der Waals surface area contributed by atoms with Crippen LogP contribution in [0.5, 0.6) is 0 Å². The average molecular weight is 202 g/mol. The number of nitrogens with one attached hydrogen (secondary N) is 2. The molecule has 1 atom stereocenters. The van der Waals surface area contributed by atoms with E-state index in [0.29, 0.717) is 0 Å². The molecule has 14 heavy (non-hydrogen) atoms. The first kappa shape index (κ1) is 10.6. The molecule has 0 aromatic carbocycles. The third kappa shape index (κ3) is 3.51. The van der Waals surface area contributed by atoms with Gasteiger partial charge in [0.1, 0.15) is 18.4 Å². The molecule has 0 aromatic heterocycles. The van der Waals surface area contributed by atoms with Gasteiger partial charge in [-0.05, 0) is 20.8 Å². The smallest absolute Gasteiger partial charge is 0.409 e. The number of hydrogen-bond donors (Lipinski definition) is 2. The predicted molar refractivity (Wildman–Crippen MR) is 47.6 cm³/mol. The third-order valence-electron chi connectivity index (χ3n) is 1.36. The standard InChI is InChI=1S/C8H14N2O4/c1-8(2,3)14-7(12)10-5-4-13-6(11)9-5/h5H,4H2,1-3H3,(H,9,11)(H,10,12)/t5-/m0/s1. The summed E-state index contributed by atoms with van der Waals surface area (Å²) in [6.45, 7) is 5.40. The first-order chi connectivity index (χ1) is 6.37. The molecule has 1 fully saturated rings. The van der Waals surface area contributed by atoms with Gasteiger partial charge in [0.2, 0.25) is 0 Å². The molecule has 0 spiro atoms. The van der Waals surface area contributed by atoms with E-state index in [1.807, 2.05) is 0 Å². The number of rotatable bonds is 1. The Morgan fingerprint density at radius 2 is 2.29 bits per heavy atom. The van der Waals surface area contributed by atoms with E-state index < -0.39 is 24.0 Å². The second kappa shape index (κ2) is 3.73. The molecule has 0 aromatic rings. The third-order valence-corrected chi connectivity index (χ3v) is 1.36. The summed E-state index contributed by atoms with van der Waals surface area (Å²) in [5.41, 5.74) is -0.548. The molecule has 1 saturated heterocycles. The van der Waals surface area contributed by atoms with Gasteiger partial charge in [0, 0.05) is 0 Å². The Morgan fingerprint density at radius 1 is 1.64 bits per heavy atom. The summed E-state index contributed by atoms with van der Waals surface area (Å²) in [6, 6.07) is 0. The van der Waals surface area contributed by atoms with Crippen molar-refractivity contribution in [3.8, 4) is 0 Å². The van der Waals surface area contributed by atoms with E-state index in [1.165, 1.54) is 0 Å². The molecule has 6 heteroatoms. The van der Waals surface area contributed by atoms with Crippen LogP contribution in [0.15, 0.2) is 0 Å². The van der Waals surface area contributed by atoms with Crippen LogP contribution in [0.1, 0.15) is 20.8 Å². The summed E-state index contributed by atoms with van der Waals surface area (Å²) >= 11 is 0. The molecule has 1 aliphatic heterocycles. The van der Waals surface area contributed by atoms with Gasteiger partial charge in [-0.15, -0.1) is 0 Å². The monoisotopic (exact) mass is 202 g/mol. The van der Waals surface area contributed by atoms with Crippen molar-refractivity contribution in [1.29, 1.82) is 0 Å². The van der Waals surface area contributed by atoms with E-state index in [2.05, 4.69) is 15.4 Å². The highest BCUT2D eigenvalue weighted by Gasteiger charge is 2.25. The van der Waals surface area contributed by atoms with Gasteiger partial charge in [0.15, 0.2) is 0 Å². The van der Waals surface area contributed by atoms with Crippen molar-refractivity contribution in [3.05, 3.63) is 0 Å². The molecular formula is C8H14N2O4. The number of amides is 2. The van der Waals surface area contributed by atoms with Crippen LogP contribution in [0, 0.1) is 0 Å². The van der Waals surface area contributed by atoms with Crippen molar-refractivity contribution in [2.45, 2.75) is 32.5 Å². The summed E-state index contributed by atoms with van der Waals surface area (Å²) in [7, 11) is 0. The minimum absolute atomic E-state index is 0.123. The Hall–Kier alpha value is -1.46. The number of carbonyl (C=O) groups excluding carboxylic acids is 2. The normalized spacial score (nSPS) is 21.1. The number of carbonyl (C=O) groups is 2. The van der Waals surface area contributed by atoms with Crippen LogP contribution in [0.2, 0.25) is 0 Å². The first-order valence-electron chi connectivity index (χ1n) is 4.29. The highest BCUT2D eigenvalue weighted by Crippen LogP contribution is 2.07. The lowest BCUT2D eigenvalue weighted by atomic mass is 10.2. The maximum atomic E-state index is 11.2. The minimum Gasteiger partial charge on any atom is -0.445 e. The molecule has 80 valence electrons. The zero-order chi connectivity index (χ0) is 10.8. The summed E-state index contributed by atoms with van der Waals surface area (Å²) in [5.74, 6) is 0. The summed E-state index contributed by atoms with van der Waals surface area (Å²) in [5, 5.41) is 4.85. The van der Waals surface area contributed by atoms with Crippen molar-refractivity contribution >= 4 is 12.2 Å². The lowest BCUT2D eigenvalue weighted by Gasteiger charge is -2.20. The van der Waals surface area contributed by atoms with E-state index in [-0.39, 0.29) is 6.61 Å². The van der Waals surface area contributed by atoms with Crippen molar-refractivity contribution in [1.82, 2.24) is 10.6 Å². The molecule has 1 aliphatic rings. The highest BCUT2D eigenvalue weighted by atomic mass is 16.6. The first-order valence-corrected chi connectivity index (χ1v) is 4.29. The number of ether oxygens (including phenoxy) is 2. The van der Waals surface area contributed by atoms with Crippen LogP contribution < -0.4 is 10.6 Å². The quantitative estimate of drug-likeness (QED) is 0.652. The predicted octanol–water partition coefficient (Wildman–Crippen LogP) is 0.577. The Balaban J connectivity index is 2.31. The summed E-state index contributed by atoms with van der Waals surface area (Å²) in [6.07, 6.45) is -1.61. The summed E-state index contributed by atoms with van der Waals surface area (Å²) < 4.78 is 9.55. The fraction of sp³-hybridized carbons (Fsp3) is 0.750. The van der Waals surface area contributed by atoms with Gasteiger partial charge in [-0.3, -0.25) is 10.6 Å². The molecule has 1 heterocycles. The molecule has 0 unspecified atom stereocenters. The van der Waals surface area contributed by atoms with E-state index in [9.17, 15) is 9.59 Å². The number of hydrogen-bond acceptors (Lipinski definition) is 4. The van der Waals surface area contributed by atoms with Gasteiger partial charge in [0.05, 0.1) is 0 Å². The molecule has 0 aliphatic carbocycles. The maximum Gasteiger partial charge on any atom is 0.409 e. The molecule has 0 radical (unpaired) electrons. The van der Waals surface area contributed by atoms with Gasteiger partial charge in [-0.2, -0.15) is 0 Å². The highest BCUT2D eigenvalue weighted by molar-refractivity contribution is 5.72. The Morgan fingerprint density at radius 3 is 2.71 bits per heavy atom. The van der Waals surface area contributed by atoms with E-state index in [4.69, 9.17) is 4.74 Å². The van der Waals surface area contributed by atoms with Gasteiger partial charge in [-0.1, -0.05) is 0 Å². The largest absolute Gasteiger partial charge is 0.445 e. The van der Waals surface area contributed by atoms with Crippen LogP contribution in [-0.4, -0.2) is 30.6 Å². The minimum atomic E-state index is -0.576. The number of alkyl carbamates (subject to hydrolysis) is 2. The van der Waals surface area contributed by atoms with Gasteiger partial charge < -0.3 is 9.47 Å². The Bertz CT molecular complexity index is 246. The fourth-order valence-corrected chi connectivity index (χ4v) is 0.912. The van der Waals surface area contributed by atoms with Crippen LogP contribution in [-0.2, 0) is 9.47 Å². The second-order valence-electron chi connectivity index (χ2n) is 3.94. The van der Waals surface area contributed by atoms with Crippen molar-refractivity contribution in [3.63, 3.8) is 0 Å². The van der Waals surface area contributed by atoms with Gasteiger partial charge in [0.25, 0.3) is 0 Å². The topological polar surface area (TPSA) is 76.7 Å². The zero-order valence-electron chi connectivity index (χ0n) is 8.42. The maximum absolute atomic E-state index is 11.2. The molecule has 0 saturated carbocycles. The van der Waals surface area contributed by atoms with Crippen LogP contribution in [0.25, 0.3) is 0 Å². The second-order valence-corrected chi connectivity index (χ2v) is 3.94. The lowest BCUT2D eigenvalue weighted by Crippen LogP contribution is -2.45. The van der Waals surface area contributed by atoms with Gasteiger partial charge >= 0.3 is 12.2 Å². The van der Waals surface area contributed by atoms with Crippen molar-refractivity contribution < 1.29 is 19.1 Å². The van der Waals surface area contributed by atoms with E-state index in [1.54, 1.807) is 20.8 Å². The molecule has 2 N–H and O–H groups in total. The Labute approximate surface area is 81.9 Å². The Kier molecular flexibility index (Phi) is 2.83. The van der Waals surface area contributed by atoms with E-state index >= 15 is 0 Å². The number of cyclic esters (lactones) is 1. The summed E-state index contributed by atoms with van der Waals surface area (Å²) in [4.78, 5) is 21.8. The van der Waals surface area contributed by atoms with Gasteiger partial charge in [-0.25, -0.2) is 9.59 Å². The average Bonchev–Trinajstić information content (AvgIpc) is 2.30. The van der Waals surface area contributed by atoms with Crippen LogP contribution >= 0.6 is 0 Å². The molecular weight excluding hydrogens is 188 g/mol. The van der Waals surface area contributed by atoms with E-state index in [0.717, 1.165) is 0 Å². The molecule has 0 bridgehead atoms. The fourth-order valence-electron chi connectivity index (χ4n) is 0.912. The zero-order valence-corrected chi connectivity index (χ0v) is 8.42. The van der Waals surface area contributed by atoms with Crippen LogP contribution in [0.4, 0.5) is 9.59 Å².